The van der Waals surface area contributed by atoms with Gasteiger partial charge in [0.1, 0.15) is 0 Å². The molecular formula is C66H57N. The highest BCUT2D eigenvalue weighted by atomic mass is 15.1. The first kappa shape index (κ1) is 40.3. The van der Waals surface area contributed by atoms with Crippen LogP contribution in [0.25, 0.3) is 44.2 Å². The van der Waals surface area contributed by atoms with Gasteiger partial charge >= 0.3 is 0 Å². The van der Waals surface area contributed by atoms with Crippen LogP contribution in [0.3, 0.4) is 0 Å². The van der Waals surface area contributed by atoms with Gasteiger partial charge in [0.15, 0.2) is 0 Å². The minimum atomic E-state index is -0.571. The van der Waals surface area contributed by atoms with Gasteiger partial charge in [0.25, 0.3) is 0 Å². The van der Waals surface area contributed by atoms with E-state index in [1.54, 1.807) is 5.56 Å². The molecule has 0 radical (unpaired) electrons. The van der Waals surface area contributed by atoms with Crippen LogP contribution < -0.4 is 4.90 Å². The Kier molecular flexibility index (Phi) is 9.54. The fourth-order valence-corrected chi connectivity index (χ4v) is 14.3. The zero-order valence-electron chi connectivity index (χ0n) is 38.7. The van der Waals surface area contributed by atoms with E-state index >= 15 is 0 Å². The van der Waals surface area contributed by atoms with Crippen LogP contribution in [0.5, 0.6) is 0 Å². The lowest BCUT2D eigenvalue weighted by Crippen LogP contribution is -2.48. The van der Waals surface area contributed by atoms with Gasteiger partial charge in [-0.15, -0.1) is 0 Å². The Morgan fingerprint density at radius 1 is 0.433 bits per heavy atom. The monoisotopic (exact) mass is 863 g/mol. The average molecular weight is 864 g/mol. The molecule has 9 aromatic carbocycles. The van der Waals surface area contributed by atoms with E-state index in [1.165, 1.54) is 122 Å². The molecule has 0 heterocycles. The first-order chi connectivity index (χ1) is 33.0. The van der Waals surface area contributed by atoms with Gasteiger partial charge in [-0.2, -0.15) is 0 Å². The third-order valence-electron chi connectivity index (χ3n) is 16.7. The third kappa shape index (κ3) is 6.34. The molecule has 0 unspecified atom stereocenters. The Balaban J connectivity index is 1.09. The van der Waals surface area contributed by atoms with Gasteiger partial charge in [0.2, 0.25) is 0 Å². The molecule has 4 fully saturated rings. The topological polar surface area (TPSA) is 3.24 Å². The van der Waals surface area contributed by atoms with E-state index in [-0.39, 0.29) is 0 Å². The van der Waals surface area contributed by atoms with Crippen molar-refractivity contribution in [2.45, 2.75) is 69.1 Å². The predicted octanol–water partition coefficient (Wildman–Crippen LogP) is 17.6. The van der Waals surface area contributed by atoms with Gasteiger partial charge in [-0.3, -0.25) is 0 Å². The number of hydrogen-bond acceptors (Lipinski definition) is 1. The van der Waals surface area contributed by atoms with Crippen LogP contribution >= 0.6 is 0 Å². The van der Waals surface area contributed by atoms with E-state index in [0.717, 1.165) is 23.4 Å². The number of rotatable bonds is 9. The largest absolute Gasteiger partial charge is 0.310 e. The molecule has 67 heavy (non-hydrogen) atoms. The molecule has 1 nitrogen and oxygen atoms in total. The molecule has 0 atom stereocenters. The van der Waals surface area contributed by atoms with Crippen molar-refractivity contribution in [3.63, 3.8) is 0 Å². The highest BCUT2D eigenvalue weighted by molar-refractivity contribution is 6.06. The van der Waals surface area contributed by atoms with Crippen molar-refractivity contribution in [2.75, 3.05) is 4.90 Å². The molecule has 326 valence electrons. The minimum Gasteiger partial charge on any atom is -0.310 e. The molecule has 0 aromatic heterocycles. The van der Waals surface area contributed by atoms with Gasteiger partial charge in [0.05, 0.1) is 11.1 Å². The summed E-state index contributed by atoms with van der Waals surface area (Å²) in [4.78, 5) is 2.60. The molecule has 5 aliphatic rings. The van der Waals surface area contributed by atoms with Crippen molar-refractivity contribution in [3.05, 3.63) is 246 Å². The van der Waals surface area contributed by atoms with Crippen molar-refractivity contribution in [3.8, 4) is 33.4 Å². The highest BCUT2D eigenvalue weighted by Crippen LogP contribution is 2.62. The quantitative estimate of drug-likeness (QED) is 0.140. The molecule has 0 N–H and O–H groups in total. The van der Waals surface area contributed by atoms with Crippen LogP contribution in [0, 0.1) is 17.8 Å². The molecule has 0 amide bonds. The van der Waals surface area contributed by atoms with Gasteiger partial charge in [0, 0.05) is 16.9 Å². The number of benzene rings is 9. The molecule has 4 bridgehead atoms. The highest BCUT2D eigenvalue weighted by Gasteiger charge is 2.52. The van der Waals surface area contributed by atoms with E-state index in [4.69, 9.17) is 0 Å². The van der Waals surface area contributed by atoms with Gasteiger partial charge < -0.3 is 4.90 Å². The number of fused-ring (bicyclic) bond motifs is 4. The first-order valence-electron chi connectivity index (χ1n) is 24.9. The third-order valence-corrected chi connectivity index (χ3v) is 16.7. The summed E-state index contributed by atoms with van der Waals surface area (Å²) in [5.41, 5.74) is 19.1. The van der Waals surface area contributed by atoms with Crippen LogP contribution in [0.2, 0.25) is 0 Å². The zero-order valence-corrected chi connectivity index (χ0v) is 38.7. The van der Waals surface area contributed by atoms with Crippen LogP contribution in [0.15, 0.2) is 212 Å². The molecule has 0 aliphatic heterocycles. The van der Waals surface area contributed by atoms with Crippen LogP contribution in [0.1, 0.15) is 91.7 Å². The van der Waals surface area contributed by atoms with Gasteiger partial charge in [-0.1, -0.05) is 196 Å². The van der Waals surface area contributed by atoms with E-state index in [0.29, 0.717) is 11.3 Å². The summed E-state index contributed by atoms with van der Waals surface area (Å²) in [5, 5.41) is 2.52. The van der Waals surface area contributed by atoms with Gasteiger partial charge in [-0.25, -0.2) is 0 Å². The summed E-state index contributed by atoms with van der Waals surface area (Å²) in [6, 6.07) is 80.8. The van der Waals surface area contributed by atoms with Crippen molar-refractivity contribution in [2.24, 2.45) is 17.8 Å². The second-order valence-corrected chi connectivity index (χ2v) is 20.8. The fraction of sp³-hybridized carbons (Fsp3) is 0.212. The lowest BCUT2D eigenvalue weighted by molar-refractivity contribution is -0.00518. The number of anilines is 3. The Morgan fingerprint density at radius 3 is 1.69 bits per heavy atom. The maximum absolute atomic E-state index is 2.60. The minimum absolute atomic E-state index is 0.323. The molecule has 0 spiro atoms. The first-order valence-corrected chi connectivity index (χ1v) is 24.9. The molecule has 5 aliphatic carbocycles. The fourth-order valence-electron chi connectivity index (χ4n) is 14.3. The molecule has 0 saturated heterocycles. The van der Waals surface area contributed by atoms with Gasteiger partial charge in [-0.05, 0) is 170 Å². The summed E-state index contributed by atoms with van der Waals surface area (Å²) in [6.45, 7) is 4.67. The summed E-state index contributed by atoms with van der Waals surface area (Å²) in [7, 11) is 0. The summed E-state index contributed by atoms with van der Waals surface area (Å²) in [6.07, 6.45) is 8.45. The molecule has 14 rings (SSSR count). The molecule has 9 aromatic rings. The van der Waals surface area contributed by atoms with E-state index in [9.17, 15) is 0 Å². The Hall–Kier alpha value is -6.96. The van der Waals surface area contributed by atoms with E-state index in [1.807, 2.05) is 0 Å². The van der Waals surface area contributed by atoms with Crippen LogP contribution in [0.4, 0.5) is 17.1 Å². The maximum atomic E-state index is 2.60. The summed E-state index contributed by atoms with van der Waals surface area (Å²) >= 11 is 0. The second kappa shape index (κ2) is 15.8. The van der Waals surface area contributed by atoms with Crippen molar-refractivity contribution >= 4 is 27.8 Å². The van der Waals surface area contributed by atoms with E-state index in [2.05, 4.69) is 231 Å². The lowest BCUT2D eigenvalue weighted by Gasteiger charge is -2.57. The summed E-state index contributed by atoms with van der Waals surface area (Å²) in [5.74, 6) is 3.05. The SMILES string of the molecule is CC(C)c1ccccc1-c1c(N(c2ccc(C34CC5CC(CC(C5)C3)C4)cc2)c2ccc3c(c2)C(c2ccccc2)(c2ccccc2)c2cccc(-c4ccccc4)c2-3)ccc2ccccc12. The number of hydrogen-bond donors (Lipinski definition) is 0. The zero-order chi connectivity index (χ0) is 44.7. The van der Waals surface area contributed by atoms with Crippen LogP contribution in [-0.4, -0.2) is 0 Å². The Labute approximate surface area is 396 Å². The van der Waals surface area contributed by atoms with Crippen LogP contribution in [-0.2, 0) is 10.8 Å². The average Bonchev–Trinajstić information content (AvgIpc) is 3.67. The van der Waals surface area contributed by atoms with Crippen molar-refractivity contribution < 1.29 is 0 Å². The smallest absolute Gasteiger partial charge is 0.0714 e. The second-order valence-electron chi connectivity index (χ2n) is 20.8. The molecule has 4 saturated carbocycles. The predicted molar refractivity (Wildman–Crippen MR) is 281 cm³/mol. The Morgan fingerprint density at radius 2 is 1.01 bits per heavy atom. The molecular weight excluding hydrogens is 807 g/mol. The normalized spacial score (nSPS) is 20.8. The molecule has 1 heteroatoms. The number of nitrogens with zero attached hydrogens (tertiary/aromatic N) is 1. The van der Waals surface area contributed by atoms with Crippen molar-refractivity contribution in [1.82, 2.24) is 0 Å². The standard InChI is InChI=1S/C66H57N/c1-44(2)55-24-14-15-26-58(55)64-57-25-13-12-19-49(57)29-36-62(64)67(53-32-30-50(31-33-53)65-41-45-37-46(42-65)39-47(38-45)43-65)54-34-35-59-61(40-54)66(51-20-8-4-9-21-51,52-22-10-5-11-23-52)60-28-16-27-56(63(59)60)48-17-6-3-7-18-48/h3-36,40,44-47H,37-39,41-43H2,1-2H3. The van der Waals surface area contributed by atoms with E-state index < -0.39 is 5.41 Å². The Bertz CT molecular complexity index is 3210. The lowest BCUT2D eigenvalue weighted by atomic mass is 9.48. The summed E-state index contributed by atoms with van der Waals surface area (Å²) < 4.78 is 0. The maximum Gasteiger partial charge on any atom is 0.0714 e. The van der Waals surface area contributed by atoms with Crippen molar-refractivity contribution in [1.29, 1.82) is 0 Å².